The third-order valence-corrected chi connectivity index (χ3v) is 4.66. The molecule has 1 N–H and O–H groups in total. The van der Waals surface area contributed by atoms with Crippen LogP contribution in [-0.4, -0.2) is 33.2 Å². The molecule has 2 aromatic heterocycles. The van der Waals surface area contributed by atoms with Gasteiger partial charge in [0.25, 0.3) is 5.56 Å². The first kappa shape index (κ1) is 14.1. The van der Waals surface area contributed by atoms with Gasteiger partial charge in [-0.1, -0.05) is 0 Å². The average Bonchev–Trinajstić information content (AvgIpc) is 2.86. The Bertz CT molecular complexity index is 1020. The van der Waals surface area contributed by atoms with Crippen molar-refractivity contribution in [1.82, 2.24) is 19.7 Å². The van der Waals surface area contributed by atoms with Crippen LogP contribution in [0.2, 0.25) is 0 Å². The van der Waals surface area contributed by atoms with Gasteiger partial charge >= 0.3 is 0 Å². The number of aromatic nitrogens is 3. The van der Waals surface area contributed by atoms with Crippen LogP contribution in [0.5, 0.6) is 0 Å². The quantitative estimate of drug-likeness (QED) is 0.729. The van der Waals surface area contributed by atoms with Gasteiger partial charge in [0.15, 0.2) is 5.78 Å². The lowest BCUT2D eigenvalue weighted by atomic mass is 9.98. The van der Waals surface area contributed by atoms with Gasteiger partial charge < -0.3 is 5.32 Å². The van der Waals surface area contributed by atoms with E-state index < -0.39 is 0 Å². The maximum Gasteiger partial charge on any atom is 0.259 e. The third kappa shape index (κ3) is 1.88. The fourth-order valence-corrected chi connectivity index (χ4v) is 3.38. The summed E-state index contributed by atoms with van der Waals surface area (Å²) in [6.45, 7) is 5.13. The molecule has 0 bridgehead atoms. The molecule has 1 aliphatic heterocycles. The summed E-state index contributed by atoms with van der Waals surface area (Å²) in [7, 11) is 1.77. The lowest BCUT2D eigenvalue weighted by molar-refractivity contribution is 0.101. The molecular weight excluding hydrogens is 292 g/mol. The van der Waals surface area contributed by atoms with Gasteiger partial charge in [0, 0.05) is 41.9 Å². The molecule has 118 valence electrons. The van der Waals surface area contributed by atoms with Crippen molar-refractivity contribution >= 4 is 27.6 Å². The number of Topliss-reactive ketones (excluding diaryl/α,β-unsaturated/α-hetero) is 1. The number of pyridine rings is 1. The second-order valence-corrected chi connectivity index (χ2v) is 6.29. The Morgan fingerprint density at radius 2 is 2.04 bits per heavy atom. The Labute approximate surface area is 132 Å². The second kappa shape index (κ2) is 4.76. The number of fused-ring (bicyclic) bond motifs is 3. The number of carbonyl (C=O) groups is 1. The Morgan fingerprint density at radius 3 is 2.65 bits per heavy atom. The molecule has 0 amide bonds. The molecule has 1 aliphatic rings. The van der Waals surface area contributed by atoms with E-state index in [9.17, 15) is 9.59 Å². The fourth-order valence-electron chi connectivity index (χ4n) is 3.38. The van der Waals surface area contributed by atoms with Crippen LogP contribution in [0, 0.1) is 6.92 Å². The van der Waals surface area contributed by atoms with Crippen molar-refractivity contribution in [3.63, 3.8) is 0 Å². The molecule has 23 heavy (non-hydrogen) atoms. The molecule has 0 radical (unpaired) electrons. The smallest absolute Gasteiger partial charge is 0.259 e. The van der Waals surface area contributed by atoms with Crippen LogP contribution < -0.4 is 10.9 Å². The maximum atomic E-state index is 12.8. The van der Waals surface area contributed by atoms with Gasteiger partial charge in [-0.3, -0.25) is 14.2 Å². The van der Waals surface area contributed by atoms with E-state index >= 15 is 0 Å². The molecule has 6 heteroatoms. The Balaban J connectivity index is 2.22. The molecule has 4 rings (SSSR count). The van der Waals surface area contributed by atoms with Crippen molar-refractivity contribution in [1.29, 1.82) is 0 Å². The van der Waals surface area contributed by atoms with Crippen LogP contribution >= 0.6 is 0 Å². The summed E-state index contributed by atoms with van der Waals surface area (Å²) >= 11 is 0. The molecule has 0 unspecified atom stereocenters. The molecule has 3 aromatic rings. The summed E-state index contributed by atoms with van der Waals surface area (Å²) in [5.41, 5.74) is 2.19. The summed E-state index contributed by atoms with van der Waals surface area (Å²) in [6.07, 6.45) is 1.78. The minimum absolute atomic E-state index is 0.0358. The van der Waals surface area contributed by atoms with Crippen molar-refractivity contribution in [3.05, 3.63) is 39.8 Å². The Hall–Kier alpha value is -2.47. The summed E-state index contributed by atoms with van der Waals surface area (Å²) in [5, 5.41) is 9.88. The van der Waals surface area contributed by atoms with Crippen LogP contribution in [0.15, 0.2) is 23.1 Å². The highest BCUT2D eigenvalue weighted by Gasteiger charge is 2.25. The zero-order chi connectivity index (χ0) is 16.3. The number of carbonyl (C=O) groups excluding carboxylic acids is 1. The van der Waals surface area contributed by atoms with E-state index in [-0.39, 0.29) is 17.4 Å². The van der Waals surface area contributed by atoms with Crippen LogP contribution in [0.4, 0.5) is 0 Å². The number of aryl methyl sites for hydroxylation is 2. The Kier molecular flexibility index (Phi) is 2.93. The predicted octanol–water partition coefficient (Wildman–Crippen LogP) is 1.54. The minimum atomic E-state index is -0.0901. The Morgan fingerprint density at radius 1 is 1.30 bits per heavy atom. The summed E-state index contributed by atoms with van der Waals surface area (Å²) in [6, 6.07) is 3.96. The number of hydrogen-bond donors (Lipinski definition) is 1. The minimum Gasteiger partial charge on any atom is -0.312 e. The summed E-state index contributed by atoms with van der Waals surface area (Å²) in [4.78, 5) is 25.0. The van der Waals surface area contributed by atoms with Crippen molar-refractivity contribution in [2.24, 2.45) is 7.05 Å². The monoisotopic (exact) mass is 310 g/mol. The number of rotatable bonds is 2. The van der Waals surface area contributed by atoms with Gasteiger partial charge in [-0.15, -0.1) is 0 Å². The first-order chi connectivity index (χ1) is 11.0. The molecule has 1 saturated heterocycles. The zero-order valence-electron chi connectivity index (χ0n) is 13.4. The largest absolute Gasteiger partial charge is 0.312 e. The van der Waals surface area contributed by atoms with Crippen molar-refractivity contribution in [2.75, 3.05) is 13.1 Å². The van der Waals surface area contributed by atoms with Crippen LogP contribution in [-0.2, 0) is 7.05 Å². The molecule has 0 atom stereocenters. The standard InChI is InChI=1S/C17H18N4O2/c1-9-4-12(10(2)22)15-13(5-9)17(23)20(3)16-14(15)8-19-21(16)11-6-18-7-11/h4-5,8,11,18H,6-7H2,1-3H3. The maximum absolute atomic E-state index is 12.8. The highest BCUT2D eigenvalue weighted by Crippen LogP contribution is 2.29. The number of ketones is 1. The lowest BCUT2D eigenvalue weighted by Crippen LogP contribution is -2.44. The molecule has 1 fully saturated rings. The van der Waals surface area contributed by atoms with Gasteiger partial charge in [-0.25, -0.2) is 4.68 Å². The number of nitrogens with zero attached hydrogens (tertiary/aromatic N) is 3. The van der Waals surface area contributed by atoms with E-state index in [1.54, 1.807) is 17.8 Å². The van der Waals surface area contributed by atoms with Crippen LogP contribution in [0.3, 0.4) is 0 Å². The molecule has 0 spiro atoms. The third-order valence-electron chi connectivity index (χ3n) is 4.66. The van der Waals surface area contributed by atoms with Crippen LogP contribution in [0.25, 0.3) is 21.8 Å². The van der Waals surface area contributed by atoms with E-state index in [4.69, 9.17) is 0 Å². The average molecular weight is 310 g/mol. The van der Waals surface area contributed by atoms with Crippen LogP contribution in [0.1, 0.15) is 28.9 Å². The van der Waals surface area contributed by atoms with Crippen molar-refractivity contribution in [2.45, 2.75) is 19.9 Å². The van der Waals surface area contributed by atoms with Crippen molar-refractivity contribution in [3.8, 4) is 0 Å². The van der Waals surface area contributed by atoms with E-state index in [2.05, 4.69) is 10.4 Å². The van der Waals surface area contributed by atoms with E-state index in [0.29, 0.717) is 10.9 Å². The first-order valence-electron chi connectivity index (χ1n) is 7.71. The highest BCUT2D eigenvalue weighted by molar-refractivity contribution is 6.16. The van der Waals surface area contributed by atoms with Gasteiger partial charge in [0.1, 0.15) is 5.65 Å². The second-order valence-electron chi connectivity index (χ2n) is 6.29. The lowest BCUT2D eigenvalue weighted by Gasteiger charge is -2.28. The van der Waals surface area contributed by atoms with Gasteiger partial charge in [0.05, 0.1) is 12.2 Å². The number of benzene rings is 1. The number of nitrogens with one attached hydrogen (secondary N) is 1. The molecule has 0 saturated carbocycles. The van der Waals surface area contributed by atoms with E-state index in [1.807, 2.05) is 23.7 Å². The summed E-state index contributed by atoms with van der Waals surface area (Å²) in [5.74, 6) is -0.0358. The molecule has 6 nitrogen and oxygen atoms in total. The predicted molar refractivity (Wildman–Crippen MR) is 89.1 cm³/mol. The highest BCUT2D eigenvalue weighted by atomic mass is 16.1. The van der Waals surface area contributed by atoms with Gasteiger partial charge in [-0.05, 0) is 31.5 Å². The molecule has 3 heterocycles. The SMILES string of the molecule is CC(=O)c1cc(C)cc2c(=O)n(C)c3c(cnn3C3CNC3)c12. The zero-order valence-corrected chi connectivity index (χ0v) is 13.4. The first-order valence-corrected chi connectivity index (χ1v) is 7.71. The fraction of sp³-hybridized carbons (Fsp3) is 0.353. The summed E-state index contributed by atoms with van der Waals surface area (Å²) < 4.78 is 3.54. The van der Waals surface area contributed by atoms with Crippen molar-refractivity contribution < 1.29 is 4.79 Å². The van der Waals surface area contributed by atoms with Gasteiger partial charge in [-0.2, -0.15) is 5.10 Å². The molecule has 1 aromatic carbocycles. The van der Waals surface area contributed by atoms with Gasteiger partial charge in [0.2, 0.25) is 0 Å². The number of hydrogen-bond acceptors (Lipinski definition) is 4. The van der Waals surface area contributed by atoms with E-state index in [0.717, 1.165) is 35.1 Å². The topological polar surface area (TPSA) is 68.9 Å². The molecule has 0 aliphatic carbocycles. The van der Waals surface area contributed by atoms with E-state index in [1.165, 1.54) is 6.92 Å². The normalized spacial score (nSPS) is 15.3. The molecular formula is C17H18N4O2.